The summed E-state index contributed by atoms with van der Waals surface area (Å²) in [7, 11) is 0. The molecule has 3 aromatic rings. The van der Waals surface area contributed by atoms with Gasteiger partial charge in [0, 0.05) is 54.8 Å². The lowest BCUT2D eigenvalue weighted by Crippen LogP contribution is -2.65. The van der Waals surface area contributed by atoms with E-state index >= 15 is 0 Å². The maximum absolute atomic E-state index is 14.9. The molecule has 65 heavy (non-hydrogen) atoms. The number of halogens is 1. The summed E-state index contributed by atoms with van der Waals surface area (Å²) < 4.78 is 24.4. The number of carboxylic acid groups (broad SMARTS) is 1. The number of hydrogen-bond donors (Lipinski definition) is 4. The summed E-state index contributed by atoms with van der Waals surface area (Å²) >= 11 is 8.56. The Bertz CT molecular complexity index is 2300. The summed E-state index contributed by atoms with van der Waals surface area (Å²) in [6.07, 6.45) is 3.69. The molecule has 18 heteroatoms. The van der Waals surface area contributed by atoms with Crippen molar-refractivity contribution in [2.45, 2.75) is 110 Å². The zero-order chi connectivity index (χ0) is 46.4. The van der Waals surface area contributed by atoms with Crippen molar-refractivity contribution >= 4 is 62.8 Å². The van der Waals surface area contributed by atoms with Crippen LogP contribution in [0.15, 0.2) is 35.7 Å². The highest BCUT2D eigenvalue weighted by atomic mass is 35.5. The van der Waals surface area contributed by atoms with Gasteiger partial charge in [-0.05, 0) is 68.4 Å². The molecule has 16 nitrogen and oxygen atoms in total. The minimum atomic E-state index is -1.63. The van der Waals surface area contributed by atoms with Gasteiger partial charge in [-0.15, -0.1) is 11.3 Å². The molecule has 352 valence electrons. The molecule has 8 rings (SSSR count). The molecule has 3 amide bonds. The van der Waals surface area contributed by atoms with Gasteiger partial charge in [0.25, 0.3) is 0 Å². The molecule has 4 heterocycles. The highest BCUT2D eigenvalue weighted by Crippen LogP contribution is 2.57. The topological polar surface area (TPSA) is 194 Å². The number of anilines is 1. The van der Waals surface area contributed by atoms with Crippen molar-refractivity contribution in [1.29, 1.82) is 0 Å². The lowest BCUT2D eigenvalue weighted by Gasteiger charge is -2.41. The van der Waals surface area contributed by atoms with Gasteiger partial charge in [-0.1, -0.05) is 58.4 Å². The smallest absolute Gasteiger partial charge is 0.408 e. The van der Waals surface area contributed by atoms with Gasteiger partial charge in [0.1, 0.15) is 53.1 Å². The number of likely N-dealkylation sites (tertiary alicyclic amines) is 1. The summed E-state index contributed by atoms with van der Waals surface area (Å²) in [4.78, 5) is 69.0. The van der Waals surface area contributed by atoms with Crippen LogP contribution < -0.4 is 25.4 Å². The van der Waals surface area contributed by atoms with Gasteiger partial charge in [0.2, 0.25) is 11.8 Å². The molecule has 2 saturated heterocycles. The van der Waals surface area contributed by atoms with Gasteiger partial charge in [-0.3, -0.25) is 14.5 Å². The molecular formula is C47H62ClN7O9S. The van der Waals surface area contributed by atoms with Crippen molar-refractivity contribution in [2.75, 3.05) is 51.3 Å². The highest BCUT2D eigenvalue weighted by Gasteiger charge is 2.55. The number of morpholine rings is 1. The van der Waals surface area contributed by atoms with Gasteiger partial charge in [0.15, 0.2) is 10.7 Å². The van der Waals surface area contributed by atoms with Gasteiger partial charge in [-0.2, -0.15) is 0 Å². The number of pyridine rings is 1. The Balaban J connectivity index is 1.09. The Kier molecular flexibility index (Phi) is 13.6. The Hall–Kier alpha value is -4.71. The number of thiazole rings is 1. The fourth-order valence-electron chi connectivity index (χ4n) is 9.84. The average molecular weight is 937 g/mol. The Morgan fingerprint density at radius 1 is 1.05 bits per heavy atom. The molecule has 0 radical (unpaired) electrons. The third-order valence-electron chi connectivity index (χ3n) is 13.7. The number of carbonyl (C=O) groups is 4. The second-order valence-electron chi connectivity index (χ2n) is 19.6. The molecule has 3 aliphatic carbocycles. The molecule has 4 N–H and O–H groups in total. The van der Waals surface area contributed by atoms with E-state index in [0.717, 1.165) is 31.1 Å². The van der Waals surface area contributed by atoms with Crippen molar-refractivity contribution < 1.29 is 43.2 Å². The van der Waals surface area contributed by atoms with Gasteiger partial charge < -0.3 is 44.9 Å². The van der Waals surface area contributed by atoms with E-state index in [2.05, 4.69) is 27.8 Å². The summed E-state index contributed by atoms with van der Waals surface area (Å²) in [6.45, 7) is 17.7. The molecule has 5 aliphatic rings. The van der Waals surface area contributed by atoms with Crippen LogP contribution in [0.5, 0.6) is 11.5 Å². The maximum Gasteiger partial charge on any atom is 0.408 e. The van der Waals surface area contributed by atoms with E-state index in [1.54, 1.807) is 18.2 Å². The third kappa shape index (κ3) is 9.89. The number of carboxylic acids is 1. The Labute approximate surface area is 389 Å². The van der Waals surface area contributed by atoms with Crippen molar-refractivity contribution in [3.05, 3.63) is 40.8 Å². The minimum Gasteiger partial charge on any atom is -0.491 e. The van der Waals surface area contributed by atoms with Crippen LogP contribution in [0.2, 0.25) is 5.02 Å². The average Bonchev–Trinajstić information content (AvgIpc) is 3.74. The number of aliphatic carboxylic acids is 1. The Morgan fingerprint density at radius 3 is 2.43 bits per heavy atom. The molecule has 0 bridgehead atoms. The number of amides is 3. The van der Waals surface area contributed by atoms with E-state index in [4.69, 9.17) is 40.5 Å². The molecule has 0 spiro atoms. The van der Waals surface area contributed by atoms with E-state index in [1.807, 2.05) is 53.0 Å². The van der Waals surface area contributed by atoms with Crippen LogP contribution in [0.25, 0.3) is 22.3 Å². The standard InChI is InChI=1S/C47H62ClN7O9S/c1-8-27-11-12-47(27,43(58)59)53-41(56)35-21-29(23-55(35)42(57)40(46(5,6)7)52-45(60)64-28-19-31-26(4)32(31)20-28)63-37-22-33(34-24-65-44(51-34)49-25(2)3)50-39-30(37)9-10-36(38(39)48)62-18-15-54-13-16-61-17-14-54/h9-12,22,24-29,31-32,35,40H,8,13-21,23H2,1-7H3,(H,49,51)(H,52,60)(H,53,56)(H,58,59)/t26?,27?,28?,29-,31-,32+,35+,40-,47-/m1/s1. The summed E-state index contributed by atoms with van der Waals surface area (Å²) in [6, 6.07) is 3.30. The minimum absolute atomic E-state index is 0.0207. The number of benzene rings is 1. The molecule has 9 atom stereocenters. The second kappa shape index (κ2) is 18.9. The predicted octanol–water partition coefficient (Wildman–Crippen LogP) is 6.61. The monoisotopic (exact) mass is 935 g/mol. The number of alkyl carbamates (subject to hydrolysis) is 1. The molecular weight excluding hydrogens is 874 g/mol. The molecule has 2 aliphatic heterocycles. The first kappa shape index (κ1) is 46.8. The van der Waals surface area contributed by atoms with Crippen molar-refractivity contribution in [2.24, 2.45) is 29.1 Å². The Morgan fingerprint density at radius 2 is 1.78 bits per heavy atom. The number of nitrogens with zero attached hydrogens (tertiary/aromatic N) is 4. The molecule has 3 unspecified atom stereocenters. The lowest BCUT2D eigenvalue weighted by atomic mass is 9.72. The van der Waals surface area contributed by atoms with Crippen molar-refractivity contribution in [3.8, 4) is 22.9 Å². The van der Waals surface area contributed by atoms with Crippen LogP contribution in [0, 0.1) is 29.1 Å². The summed E-state index contributed by atoms with van der Waals surface area (Å²) in [5, 5.41) is 22.9. The largest absolute Gasteiger partial charge is 0.491 e. The van der Waals surface area contributed by atoms with Crippen LogP contribution in [-0.4, -0.2) is 131 Å². The SMILES string of the molecule is CCC1C=C[C@]1(NC(=O)[C@@H]1C[C@@H](Oc2cc(-c3csc(NC(C)C)n3)nc3c(Cl)c(OCCN4CCOCC4)ccc23)CN1C(=O)[C@@H](NC(=O)OC1C[C@@H]2C(C)[C@@H]2C1)C(C)(C)C)C(=O)O. The van der Waals surface area contributed by atoms with Crippen molar-refractivity contribution in [1.82, 2.24) is 30.4 Å². The number of aromatic nitrogens is 2. The number of carbonyl (C=O) groups excluding carboxylic acids is 3. The van der Waals surface area contributed by atoms with E-state index in [1.165, 1.54) is 22.3 Å². The van der Waals surface area contributed by atoms with Crippen LogP contribution in [0.1, 0.15) is 74.1 Å². The first-order chi connectivity index (χ1) is 30.9. The number of rotatable bonds is 16. The fraction of sp³-hybridized carbons (Fsp3) is 0.617. The molecule has 2 saturated carbocycles. The van der Waals surface area contributed by atoms with Crippen LogP contribution in [0.3, 0.4) is 0 Å². The molecule has 4 fully saturated rings. The quantitative estimate of drug-likeness (QED) is 0.112. The first-order valence-corrected chi connectivity index (χ1v) is 24.2. The molecule has 1 aromatic carbocycles. The van der Waals surface area contributed by atoms with E-state index in [-0.39, 0.29) is 25.1 Å². The third-order valence-corrected chi connectivity index (χ3v) is 14.9. The number of ether oxygens (including phenoxy) is 4. The van der Waals surface area contributed by atoms with Crippen LogP contribution in [0.4, 0.5) is 9.93 Å². The number of hydrogen-bond acceptors (Lipinski definition) is 13. The fourth-order valence-corrected chi connectivity index (χ4v) is 11.0. The van der Waals surface area contributed by atoms with Gasteiger partial charge in [-0.25, -0.2) is 19.6 Å². The van der Waals surface area contributed by atoms with Crippen LogP contribution in [-0.2, 0) is 23.9 Å². The number of nitrogens with one attached hydrogen (secondary N) is 3. The zero-order valence-corrected chi connectivity index (χ0v) is 39.8. The van der Waals surface area contributed by atoms with E-state index < -0.39 is 58.9 Å². The normalized spacial score (nSPS) is 27.8. The first-order valence-electron chi connectivity index (χ1n) is 22.9. The maximum atomic E-state index is 14.9. The summed E-state index contributed by atoms with van der Waals surface area (Å²) in [5.41, 5.74) is -0.932. The van der Waals surface area contributed by atoms with Gasteiger partial charge in [0.05, 0.1) is 31.0 Å². The lowest BCUT2D eigenvalue weighted by molar-refractivity contribution is -0.150. The van der Waals surface area contributed by atoms with Gasteiger partial charge >= 0.3 is 12.1 Å². The predicted molar refractivity (Wildman–Crippen MR) is 247 cm³/mol. The highest BCUT2D eigenvalue weighted by molar-refractivity contribution is 7.14. The number of fused-ring (bicyclic) bond motifs is 2. The van der Waals surface area contributed by atoms with E-state index in [0.29, 0.717) is 89.4 Å². The van der Waals surface area contributed by atoms with E-state index in [9.17, 15) is 24.3 Å². The zero-order valence-electron chi connectivity index (χ0n) is 38.2. The summed E-state index contributed by atoms with van der Waals surface area (Å²) in [5.74, 6) is -0.167. The van der Waals surface area contributed by atoms with Crippen molar-refractivity contribution in [3.63, 3.8) is 0 Å². The molecule has 2 aromatic heterocycles. The second-order valence-corrected chi connectivity index (χ2v) is 20.8. The van der Waals surface area contributed by atoms with Crippen LogP contribution >= 0.6 is 22.9 Å².